The Morgan fingerprint density at radius 1 is 1.26 bits per heavy atom. The summed E-state index contributed by atoms with van der Waals surface area (Å²) in [5, 5.41) is 3.57. The van der Waals surface area contributed by atoms with Crippen LogP contribution in [0.2, 0.25) is 0 Å². The van der Waals surface area contributed by atoms with Gasteiger partial charge >= 0.3 is 0 Å². The van der Waals surface area contributed by atoms with Gasteiger partial charge in [0.05, 0.1) is 12.3 Å². The van der Waals surface area contributed by atoms with Crippen molar-refractivity contribution in [2.24, 2.45) is 11.8 Å². The lowest BCUT2D eigenvalue weighted by molar-refractivity contribution is 0.266. The molecule has 0 saturated heterocycles. The Bertz CT molecular complexity index is 411. The highest BCUT2D eigenvalue weighted by atomic mass is 19.1. The summed E-state index contributed by atoms with van der Waals surface area (Å²) in [6.45, 7) is 7.04. The molecule has 1 N–H and O–H groups in total. The summed E-state index contributed by atoms with van der Waals surface area (Å²) < 4.78 is 18.8. The van der Waals surface area contributed by atoms with Crippen molar-refractivity contribution in [2.45, 2.75) is 46.1 Å². The second-order valence-corrected chi connectivity index (χ2v) is 5.63. The molecule has 1 saturated carbocycles. The maximum atomic E-state index is 13.3. The molecule has 106 valence electrons. The largest absolute Gasteiger partial charge is 0.492 e. The molecule has 0 aliphatic heterocycles. The zero-order valence-corrected chi connectivity index (χ0v) is 12.1. The van der Waals surface area contributed by atoms with Crippen molar-refractivity contribution in [3.63, 3.8) is 0 Å². The smallest absolute Gasteiger partial charge is 0.145 e. The lowest BCUT2D eigenvalue weighted by Gasteiger charge is -2.36. The van der Waals surface area contributed by atoms with E-state index in [-0.39, 0.29) is 5.82 Å². The third-order valence-corrected chi connectivity index (χ3v) is 4.11. The van der Waals surface area contributed by atoms with Gasteiger partial charge in [-0.3, -0.25) is 0 Å². The number of hydrogen-bond acceptors (Lipinski definition) is 2. The number of ether oxygens (including phenoxy) is 1. The fourth-order valence-electron chi connectivity index (χ4n) is 3.04. The van der Waals surface area contributed by atoms with Gasteiger partial charge < -0.3 is 10.1 Å². The molecule has 0 bridgehead atoms. The van der Waals surface area contributed by atoms with E-state index in [2.05, 4.69) is 19.2 Å². The first-order chi connectivity index (χ1) is 9.11. The molecule has 19 heavy (non-hydrogen) atoms. The lowest BCUT2D eigenvalue weighted by Crippen LogP contribution is -2.37. The number of benzene rings is 1. The van der Waals surface area contributed by atoms with Crippen LogP contribution in [0.4, 0.5) is 10.1 Å². The first kappa shape index (κ1) is 14.2. The molecule has 1 aliphatic carbocycles. The van der Waals surface area contributed by atoms with Crippen LogP contribution < -0.4 is 10.1 Å². The molecule has 1 fully saturated rings. The van der Waals surface area contributed by atoms with Gasteiger partial charge in [-0.25, -0.2) is 4.39 Å². The zero-order chi connectivity index (χ0) is 13.8. The van der Waals surface area contributed by atoms with E-state index in [0.29, 0.717) is 30.2 Å². The molecule has 1 aromatic rings. The minimum Gasteiger partial charge on any atom is -0.492 e. The second kappa shape index (κ2) is 6.27. The van der Waals surface area contributed by atoms with Gasteiger partial charge in [-0.1, -0.05) is 20.3 Å². The second-order valence-electron chi connectivity index (χ2n) is 5.63. The minimum atomic E-state index is -0.251. The molecule has 0 heterocycles. The maximum absolute atomic E-state index is 13.3. The number of anilines is 1. The Balaban J connectivity index is 2.17. The summed E-state index contributed by atoms with van der Waals surface area (Å²) in [5.74, 6) is 1.65. The number of rotatable bonds is 4. The molecule has 3 heteroatoms. The highest BCUT2D eigenvalue weighted by Gasteiger charge is 2.28. The van der Waals surface area contributed by atoms with Gasteiger partial charge in [-0.15, -0.1) is 0 Å². The van der Waals surface area contributed by atoms with Gasteiger partial charge in [-0.05, 0) is 43.7 Å². The van der Waals surface area contributed by atoms with E-state index in [1.54, 1.807) is 6.07 Å². The Morgan fingerprint density at radius 2 is 1.95 bits per heavy atom. The Kier molecular flexibility index (Phi) is 4.67. The first-order valence-electron chi connectivity index (χ1n) is 7.30. The summed E-state index contributed by atoms with van der Waals surface area (Å²) in [6, 6.07) is 5.18. The van der Waals surface area contributed by atoms with Crippen molar-refractivity contribution in [2.75, 3.05) is 11.9 Å². The van der Waals surface area contributed by atoms with Crippen LogP contribution in [0, 0.1) is 17.7 Å². The molecule has 0 radical (unpaired) electrons. The van der Waals surface area contributed by atoms with Crippen molar-refractivity contribution in [1.29, 1.82) is 0 Å². The Labute approximate surface area is 115 Å². The van der Waals surface area contributed by atoms with E-state index in [1.807, 2.05) is 6.92 Å². The van der Waals surface area contributed by atoms with Crippen LogP contribution in [0.15, 0.2) is 18.2 Å². The fraction of sp³-hybridized carbons (Fsp3) is 0.625. The van der Waals surface area contributed by atoms with Crippen molar-refractivity contribution >= 4 is 5.69 Å². The molecule has 0 spiro atoms. The normalized spacial score (nSPS) is 27.1. The van der Waals surface area contributed by atoms with E-state index in [9.17, 15) is 4.39 Å². The number of nitrogens with one attached hydrogen (secondary N) is 1. The molecule has 1 aromatic carbocycles. The van der Waals surface area contributed by atoms with Gasteiger partial charge in [-0.2, -0.15) is 0 Å². The standard InChI is InChI=1S/C16H24FNO/c1-4-19-15-10-13(17)8-9-14(15)18-16-11(2)6-5-7-12(16)3/h8-12,16,18H,4-7H2,1-3H3. The summed E-state index contributed by atoms with van der Waals surface area (Å²) in [4.78, 5) is 0. The van der Waals surface area contributed by atoms with Crippen LogP contribution in [0.5, 0.6) is 5.75 Å². The average molecular weight is 265 g/mol. The molecule has 2 atom stereocenters. The molecular weight excluding hydrogens is 241 g/mol. The SMILES string of the molecule is CCOc1cc(F)ccc1NC1C(C)CCCC1C. The van der Waals surface area contributed by atoms with Crippen molar-refractivity contribution in [3.05, 3.63) is 24.0 Å². The van der Waals surface area contributed by atoms with E-state index in [1.165, 1.54) is 31.4 Å². The van der Waals surface area contributed by atoms with Crippen LogP contribution in [0.3, 0.4) is 0 Å². The van der Waals surface area contributed by atoms with Gasteiger partial charge in [0, 0.05) is 12.1 Å². The predicted octanol–water partition coefficient (Wildman–Crippen LogP) is 4.46. The fourth-order valence-corrected chi connectivity index (χ4v) is 3.04. The first-order valence-corrected chi connectivity index (χ1v) is 7.30. The quantitative estimate of drug-likeness (QED) is 0.867. The summed E-state index contributed by atoms with van der Waals surface area (Å²) in [6.07, 6.45) is 3.82. The number of halogens is 1. The Morgan fingerprint density at radius 3 is 2.58 bits per heavy atom. The molecule has 2 rings (SSSR count). The average Bonchev–Trinajstić information content (AvgIpc) is 2.37. The maximum Gasteiger partial charge on any atom is 0.145 e. The van der Waals surface area contributed by atoms with Crippen LogP contribution in [0.1, 0.15) is 40.0 Å². The van der Waals surface area contributed by atoms with Crippen LogP contribution >= 0.6 is 0 Å². The van der Waals surface area contributed by atoms with Gasteiger partial charge in [0.15, 0.2) is 0 Å². The van der Waals surface area contributed by atoms with Crippen molar-refractivity contribution in [3.8, 4) is 5.75 Å². The van der Waals surface area contributed by atoms with Crippen molar-refractivity contribution in [1.82, 2.24) is 0 Å². The third kappa shape index (κ3) is 3.40. The summed E-state index contributed by atoms with van der Waals surface area (Å²) in [7, 11) is 0. The van der Waals surface area contributed by atoms with Crippen LogP contribution in [-0.2, 0) is 0 Å². The summed E-state index contributed by atoms with van der Waals surface area (Å²) in [5.41, 5.74) is 0.911. The third-order valence-electron chi connectivity index (χ3n) is 4.11. The van der Waals surface area contributed by atoms with E-state index < -0.39 is 0 Å². The minimum absolute atomic E-state index is 0.251. The zero-order valence-electron chi connectivity index (χ0n) is 12.1. The van der Waals surface area contributed by atoms with Gasteiger partial charge in [0.1, 0.15) is 11.6 Å². The predicted molar refractivity (Wildman–Crippen MR) is 77.2 cm³/mol. The topological polar surface area (TPSA) is 21.3 Å². The molecule has 2 nitrogen and oxygen atoms in total. The number of hydrogen-bond donors (Lipinski definition) is 1. The molecule has 0 aromatic heterocycles. The lowest BCUT2D eigenvalue weighted by atomic mass is 9.78. The van der Waals surface area contributed by atoms with Crippen LogP contribution in [-0.4, -0.2) is 12.6 Å². The van der Waals surface area contributed by atoms with E-state index >= 15 is 0 Å². The van der Waals surface area contributed by atoms with Gasteiger partial charge in [0.2, 0.25) is 0 Å². The van der Waals surface area contributed by atoms with Gasteiger partial charge in [0.25, 0.3) is 0 Å². The Hall–Kier alpha value is -1.25. The molecule has 2 unspecified atom stereocenters. The highest BCUT2D eigenvalue weighted by molar-refractivity contribution is 5.57. The molecule has 0 amide bonds. The monoisotopic (exact) mass is 265 g/mol. The van der Waals surface area contributed by atoms with Crippen LogP contribution in [0.25, 0.3) is 0 Å². The van der Waals surface area contributed by atoms with E-state index in [0.717, 1.165) is 5.69 Å². The molecule has 1 aliphatic rings. The molecular formula is C16H24FNO. The van der Waals surface area contributed by atoms with E-state index in [4.69, 9.17) is 4.74 Å². The summed E-state index contributed by atoms with van der Waals surface area (Å²) >= 11 is 0. The highest BCUT2D eigenvalue weighted by Crippen LogP contribution is 2.34. The van der Waals surface area contributed by atoms with Crippen molar-refractivity contribution < 1.29 is 9.13 Å².